The molecule has 0 unspecified atom stereocenters. The summed E-state index contributed by atoms with van der Waals surface area (Å²) in [5.41, 5.74) is 1.62. The van der Waals surface area contributed by atoms with Gasteiger partial charge in [0.05, 0.1) is 0 Å². The van der Waals surface area contributed by atoms with Crippen LogP contribution < -0.4 is 0 Å². The fourth-order valence-corrected chi connectivity index (χ4v) is 3.00. The van der Waals surface area contributed by atoms with Crippen LogP contribution in [0.15, 0.2) is 23.4 Å². The Morgan fingerprint density at radius 1 is 1.25 bits per heavy atom. The summed E-state index contributed by atoms with van der Waals surface area (Å²) in [5.74, 6) is 0.418. The second kappa shape index (κ2) is 5.35. The number of rotatable bonds is 3. The molecule has 0 aliphatic carbocycles. The van der Waals surface area contributed by atoms with Crippen molar-refractivity contribution in [2.45, 2.75) is 32.0 Å². The van der Waals surface area contributed by atoms with E-state index in [9.17, 15) is 8.42 Å². The van der Waals surface area contributed by atoms with E-state index in [0.29, 0.717) is 16.4 Å². The SMILES string of the molecule is Cc1ccc(-c2nnc(S(=O)(=O)Cl)n2C(C)C)cc1Cl. The first kappa shape index (κ1) is 15.3. The quantitative estimate of drug-likeness (QED) is 0.807. The third-order valence-corrected chi connectivity index (χ3v) is 4.36. The van der Waals surface area contributed by atoms with Crippen LogP contribution in [-0.4, -0.2) is 23.2 Å². The van der Waals surface area contributed by atoms with Crippen LogP contribution in [0.25, 0.3) is 11.4 Å². The first-order valence-corrected chi connectivity index (χ1v) is 8.56. The van der Waals surface area contributed by atoms with Gasteiger partial charge in [-0.2, -0.15) is 0 Å². The largest absolute Gasteiger partial charge is 0.296 e. The lowest BCUT2D eigenvalue weighted by atomic mass is 10.1. The van der Waals surface area contributed by atoms with Crippen molar-refractivity contribution in [3.05, 3.63) is 28.8 Å². The Bertz CT molecular complexity index is 754. The number of aryl methyl sites for hydroxylation is 1. The maximum Gasteiger partial charge on any atom is 0.296 e. The second-order valence-corrected chi connectivity index (χ2v) is 7.54. The number of hydrogen-bond acceptors (Lipinski definition) is 4. The summed E-state index contributed by atoms with van der Waals surface area (Å²) in [6.07, 6.45) is 0. The summed E-state index contributed by atoms with van der Waals surface area (Å²) in [6.45, 7) is 5.54. The molecule has 0 aliphatic rings. The molecule has 1 aromatic heterocycles. The standard InChI is InChI=1S/C12H13Cl2N3O2S/c1-7(2)17-11(15-16-12(17)20(14,18)19)9-5-4-8(3)10(13)6-9/h4-7H,1-3H3. The number of hydrogen-bond donors (Lipinski definition) is 0. The van der Waals surface area contributed by atoms with Crippen LogP contribution >= 0.6 is 22.3 Å². The average molecular weight is 334 g/mol. The van der Waals surface area contributed by atoms with Gasteiger partial charge in [-0.25, -0.2) is 8.42 Å². The second-order valence-electron chi connectivity index (χ2n) is 4.67. The van der Waals surface area contributed by atoms with E-state index in [1.54, 1.807) is 6.07 Å². The molecule has 0 atom stereocenters. The third kappa shape index (κ3) is 2.82. The lowest BCUT2D eigenvalue weighted by Crippen LogP contribution is -2.10. The molecule has 0 bridgehead atoms. The van der Waals surface area contributed by atoms with E-state index >= 15 is 0 Å². The lowest BCUT2D eigenvalue weighted by Gasteiger charge is -2.13. The van der Waals surface area contributed by atoms with Gasteiger partial charge in [0.1, 0.15) is 0 Å². The van der Waals surface area contributed by atoms with E-state index in [1.807, 2.05) is 32.9 Å². The smallest absolute Gasteiger partial charge is 0.294 e. The van der Waals surface area contributed by atoms with Gasteiger partial charge in [-0.05, 0) is 32.4 Å². The Hall–Kier alpha value is -1.11. The minimum atomic E-state index is -3.96. The van der Waals surface area contributed by atoms with E-state index in [1.165, 1.54) is 4.57 Å². The summed E-state index contributed by atoms with van der Waals surface area (Å²) < 4.78 is 24.6. The van der Waals surface area contributed by atoms with Crippen molar-refractivity contribution in [3.63, 3.8) is 0 Å². The van der Waals surface area contributed by atoms with Gasteiger partial charge >= 0.3 is 0 Å². The minimum absolute atomic E-state index is 0.163. The molecule has 0 radical (unpaired) electrons. The Morgan fingerprint density at radius 2 is 1.90 bits per heavy atom. The van der Waals surface area contributed by atoms with Crippen LogP contribution in [0.2, 0.25) is 5.02 Å². The fourth-order valence-electron chi connectivity index (χ4n) is 1.84. The highest BCUT2D eigenvalue weighted by atomic mass is 35.7. The zero-order valence-electron chi connectivity index (χ0n) is 11.1. The first-order chi connectivity index (χ1) is 9.21. The molecule has 0 spiro atoms. The van der Waals surface area contributed by atoms with Crippen molar-refractivity contribution < 1.29 is 8.42 Å². The molecular weight excluding hydrogens is 321 g/mol. The van der Waals surface area contributed by atoms with Crippen molar-refractivity contribution in [1.29, 1.82) is 0 Å². The summed E-state index contributed by atoms with van der Waals surface area (Å²) in [5, 5.41) is 7.94. The van der Waals surface area contributed by atoms with E-state index in [-0.39, 0.29) is 11.2 Å². The summed E-state index contributed by atoms with van der Waals surface area (Å²) in [4.78, 5) is 0. The first-order valence-electron chi connectivity index (χ1n) is 5.88. The van der Waals surface area contributed by atoms with Gasteiger partial charge in [-0.3, -0.25) is 4.57 Å². The Morgan fingerprint density at radius 3 is 2.40 bits per heavy atom. The molecule has 5 nitrogen and oxygen atoms in total. The predicted octanol–water partition coefficient (Wildman–Crippen LogP) is 3.42. The minimum Gasteiger partial charge on any atom is -0.294 e. The van der Waals surface area contributed by atoms with E-state index in [2.05, 4.69) is 10.2 Å². The Balaban J connectivity index is 2.69. The summed E-state index contributed by atoms with van der Waals surface area (Å²) in [7, 11) is 1.43. The highest BCUT2D eigenvalue weighted by Crippen LogP contribution is 2.28. The van der Waals surface area contributed by atoms with Gasteiger partial charge in [0.15, 0.2) is 5.82 Å². The van der Waals surface area contributed by atoms with E-state index in [4.69, 9.17) is 22.3 Å². The molecule has 0 fully saturated rings. The molecule has 0 saturated carbocycles. The lowest BCUT2D eigenvalue weighted by molar-refractivity contribution is 0.530. The van der Waals surface area contributed by atoms with E-state index < -0.39 is 9.05 Å². The zero-order valence-corrected chi connectivity index (χ0v) is 13.5. The highest BCUT2D eigenvalue weighted by Gasteiger charge is 2.25. The highest BCUT2D eigenvalue weighted by molar-refractivity contribution is 8.13. The Labute approximate surface area is 127 Å². The molecule has 0 saturated heterocycles. The van der Waals surface area contributed by atoms with Crippen LogP contribution in [0.4, 0.5) is 0 Å². The molecule has 108 valence electrons. The van der Waals surface area contributed by atoms with Gasteiger partial charge in [0, 0.05) is 27.3 Å². The van der Waals surface area contributed by atoms with Crippen molar-refractivity contribution in [2.24, 2.45) is 0 Å². The topological polar surface area (TPSA) is 64.8 Å². The maximum atomic E-state index is 11.5. The molecule has 8 heteroatoms. The maximum absolute atomic E-state index is 11.5. The van der Waals surface area contributed by atoms with Gasteiger partial charge < -0.3 is 0 Å². The molecule has 1 heterocycles. The normalized spacial score (nSPS) is 12.1. The number of halogens is 2. The van der Waals surface area contributed by atoms with Crippen molar-refractivity contribution in [3.8, 4) is 11.4 Å². The van der Waals surface area contributed by atoms with E-state index in [0.717, 1.165) is 5.56 Å². The Kier molecular flexibility index (Phi) is 4.09. The predicted molar refractivity (Wildman–Crippen MR) is 78.6 cm³/mol. The fraction of sp³-hybridized carbons (Fsp3) is 0.333. The van der Waals surface area contributed by atoms with Gasteiger partial charge in [-0.1, -0.05) is 23.7 Å². The molecule has 0 amide bonds. The number of nitrogens with zero attached hydrogens (tertiary/aromatic N) is 3. The van der Waals surface area contributed by atoms with Crippen LogP contribution in [0.3, 0.4) is 0 Å². The van der Waals surface area contributed by atoms with Gasteiger partial charge in [0.25, 0.3) is 14.2 Å². The third-order valence-electron chi connectivity index (χ3n) is 2.83. The molecule has 0 N–H and O–H groups in total. The molecule has 2 aromatic rings. The van der Waals surface area contributed by atoms with Crippen molar-refractivity contribution in [2.75, 3.05) is 0 Å². The monoisotopic (exact) mass is 333 g/mol. The molecule has 20 heavy (non-hydrogen) atoms. The molecule has 1 aromatic carbocycles. The average Bonchev–Trinajstić information content (AvgIpc) is 2.77. The molecular formula is C12H13Cl2N3O2S. The summed E-state index contributed by atoms with van der Waals surface area (Å²) >= 11 is 6.09. The van der Waals surface area contributed by atoms with Gasteiger partial charge in [-0.15, -0.1) is 10.2 Å². The van der Waals surface area contributed by atoms with Crippen LogP contribution in [0.1, 0.15) is 25.5 Å². The van der Waals surface area contributed by atoms with Crippen LogP contribution in [0, 0.1) is 6.92 Å². The van der Waals surface area contributed by atoms with Crippen molar-refractivity contribution in [1.82, 2.24) is 14.8 Å². The number of aromatic nitrogens is 3. The molecule has 2 rings (SSSR count). The van der Waals surface area contributed by atoms with Crippen LogP contribution in [0.5, 0.6) is 0 Å². The zero-order chi connectivity index (χ0) is 15.1. The molecule has 0 aliphatic heterocycles. The van der Waals surface area contributed by atoms with Crippen LogP contribution in [-0.2, 0) is 9.05 Å². The summed E-state index contributed by atoms with van der Waals surface area (Å²) in [6, 6.07) is 5.22. The van der Waals surface area contributed by atoms with Gasteiger partial charge in [0.2, 0.25) is 0 Å². The van der Waals surface area contributed by atoms with Crippen molar-refractivity contribution >= 4 is 31.3 Å². The number of benzene rings is 1.